The molecule has 1 aliphatic carbocycles. The SMILES string of the molecule is CC(Cc1ccc(O)cc1)NC(=O)NC1CCC(C(=O)O)CC1. The number of aliphatic carboxylic acids is 1. The number of amides is 2. The van der Waals surface area contributed by atoms with Gasteiger partial charge in [-0.15, -0.1) is 0 Å². The molecule has 1 unspecified atom stereocenters. The fourth-order valence-corrected chi connectivity index (χ4v) is 2.97. The van der Waals surface area contributed by atoms with Gasteiger partial charge in [-0.05, 0) is 56.7 Å². The summed E-state index contributed by atoms with van der Waals surface area (Å²) < 4.78 is 0. The summed E-state index contributed by atoms with van der Waals surface area (Å²) >= 11 is 0. The minimum absolute atomic E-state index is 0.0325. The molecule has 6 heteroatoms. The van der Waals surface area contributed by atoms with E-state index in [9.17, 15) is 14.7 Å². The van der Waals surface area contributed by atoms with E-state index in [4.69, 9.17) is 5.11 Å². The molecule has 0 spiro atoms. The maximum absolute atomic E-state index is 12.0. The predicted molar refractivity (Wildman–Crippen MR) is 86.3 cm³/mol. The Balaban J connectivity index is 1.72. The van der Waals surface area contributed by atoms with Crippen LogP contribution in [0.3, 0.4) is 0 Å². The Kier molecular flexibility index (Phi) is 5.84. The highest BCUT2D eigenvalue weighted by Crippen LogP contribution is 2.24. The Bertz CT molecular complexity index is 536. The molecule has 0 bridgehead atoms. The van der Waals surface area contributed by atoms with Crippen LogP contribution < -0.4 is 10.6 Å². The smallest absolute Gasteiger partial charge is 0.315 e. The first-order valence-corrected chi connectivity index (χ1v) is 8.01. The maximum Gasteiger partial charge on any atom is 0.315 e. The molecule has 126 valence electrons. The third kappa shape index (κ3) is 5.47. The van der Waals surface area contributed by atoms with Gasteiger partial charge in [0.25, 0.3) is 0 Å². The van der Waals surface area contributed by atoms with Crippen molar-refractivity contribution in [3.8, 4) is 5.75 Å². The standard InChI is InChI=1S/C17H24N2O4/c1-11(10-12-2-8-15(20)9-3-12)18-17(23)19-14-6-4-13(5-7-14)16(21)22/h2-3,8-9,11,13-14,20H,4-7,10H2,1H3,(H,21,22)(H2,18,19,23). The number of carbonyl (C=O) groups excluding carboxylic acids is 1. The van der Waals surface area contributed by atoms with Gasteiger partial charge in [-0.25, -0.2) is 4.79 Å². The van der Waals surface area contributed by atoms with Gasteiger partial charge in [0.2, 0.25) is 0 Å². The first-order valence-electron chi connectivity index (χ1n) is 8.01. The summed E-state index contributed by atoms with van der Waals surface area (Å²) in [5.41, 5.74) is 1.04. The van der Waals surface area contributed by atoms with E-state index < -0.39 is 5.97 Å². The Morgan fingerprint density at radius 2 is 1.78 bits per heavy atom. The molecule has 1 aromatic carbocycles. The molecule has 1 atom stereocenters. The number of carboxylic acids is 1. The molecule has 1 aliphatic rings. The van der Waals surface area contributed by atoms with Gasteiger partial charge in [0.15, 0.2) is 0 Å². The van der Waals surface area contributed by atoms with Gasteiger partial charge in [0, 0.05) is 12.1 Å². The largest absolute Gasteiger partial charge is 0.508 e. The van der Waals surface area contributed by atoms with E-state index in [1.54, 1.807) is 12.1 Å². The fourth-order valence-electron chi connectivity index (χ4n) is 2.97. The van der Waals surface area contributed by atoms with Crippen LogP contribution in [0.25, 0.3) is 0 Å². The lowest BCUT2D eigenvalue weighted by Gasteiger charge is -2.27. The van der Waals surface area contributed by atoms with Crippen LogP contribution in [0, 0.1) is 5.92 Å². The molecule has 4 N–H and O–H groups in total. The first-order chi connectivity index (χ1) is 10.9. The average molecular weight is 320 g/mol. The normalized spacial score (nSPS) is 22.1. The number of hydrogen-bond acceptors (Lipinski definition) is 3. The molecule has 0 aromatic heterocycles. The van der Waals surface area contributed by atoms with E-state index in [0.29, 0.717) is 32.1 Å². The predicted octanol–water partition coefficient (Wildman–Crippen LogP) is 2.27. The van der Waals surface area contributed by atoms with Crippen LogP contribution in [0.1, 0.15) is 38.2 Å². The Hall–Kier alpha value is -2.24. The minimum Gasteiger partial charge on any atom is -0.508 e. The summed E-state index contributed by atoms with van der Waals surface area (Å²) in [5.74, 6) is -0.788. The second kappa shape index (κ2) is 7.85. The molecule has 1 fully saturated rings. The molecule has 23 heavy (non-hydrogen) atoms. The van der Waals surface area contributed by atoms with E-state index in [1.807, 2.05) is 19.1 Å². The molecule has 2 amide bonds. The summed E-state index contributed by atoms with van der Waals surface area (Å²) in [7, 11) is 0. The van der Waals surface area contributed by atoms with E-state index in [2.05, 4.69) is 10.6 Å². The molecule has 0 aliphatic heterocycles. The van der Waals surface area contributed by atoms with Crippen molar-refractivity contribution in [3.05, 3.63) is 29.8 Å². The van der Waals surface area contributed by atoms with Crippen LogP contribution in [-0.2, 0) is 11.2 Å². The zero-order valence-electron chi connectivity index (χ0n) is 13.3. The monoisotopic (exact) mass is 320 g/mol. The van der Waals surface area contributed by atoms with Gasteiger partial charge in [-0.1, -0.05) is 12.1 Å². The molecular weight excluding hydrogens is 296 g/mol. The lowest BCUT2D eigenvalue weighted by molar-refractivity contribution is -0.142. The van der Waals surface area contributed by atoms with Crippen molar-refractivity contribution in [2.45, 2.75) is 51.1 Å². The zero-order valence-corrected chi connectivity index (χ0v) is 13.3. The van der Waals surface area contributed by atoms with Crippen molar-refractivity contribution in [2.24, 2.45) is 5.92 Å². The number of urea groups is 1. The molecule has 0 heterocycles. The van der Waals surface area contributed by atoms with Crippen molar-refractivity contribution >= 4 is 12.0 Å². The minimum atomic E-state index is -0.740. The third-order valence-electron chi connectivity index (χ3n) is 4.27. The quantitative estimate of drug-likeness (QED) is 0.669. The van der Waals surface area contributed by atoms with Crippen molar-refractivity contribution in [3.63, 3.8) is 0 Å². The topological polar surface area (TPSA) is 98.7 Å². The van der Waals surface area contributed by atoms with Crippen LogP contribution in [0.15, 0.2) is 24.3 Å². The highest BCUT2D eigenvalue weighted by atomic mass is 16.4. The molecule has 1 aromatic rings. The molecule has 6 nitrogen and oxygen atoms in total. The van der Waals surface area contributed by atoms with Crippen LogP contribution in [0.5, 0.6) is 5.75 Å². The maximum atomic E-state index is 12.0. The Morgan fingerprint density at radius 1 is 1.17 bits per heavy atom. The average Bonchev–Trinajstić information content (AvgIpc) is 2.50. The molecular formula is C17H24N2O4. The highest BCUT2D eigenvalue weighted by Gasteiger charge is 2.26. The van der Waals surface area contributed by atoms with Gasteiger partial charge < -0.3 is 20.8 Å². The summed E-state index contributed by atoms with van der Waals surface area (Å²) in [6.07, 6.45) is 3.32. The number of phenolic OH excluding ortho intramolecular Hbond substituents is 1. The van der Waals surface area contributed by atoms with Crippen LogP contribution in [0.2, 0.25) is 0 Å². The van der Waals surface area contributed by atoms with Gasteiger partial charge in [-0.2, -0.15) is 0 Å². The number of phenols is 1. The van der Waals surface area contributed by atoms with Gasteiger partial charge in [0.05, 0.1) is 5.92 Å². The molecule has 2 rings (SSSR count). The summed E-state index contributed by atoms with van der Waals surface area (Å²) in [6, 6.07) is 6.72. The van der Waals surface area contributed by atoms with Crippen LogP contribution in [0.4, 0.5) is 4.79 Å². The molecule has 1 saturated carbocycles. The van der Waals surface area contributed by atoms with Crippen LogP contribution in [-0.4, -0.2) is 34.3 Å². The second-order valence-electron chi connectivity index (χ2n) is 6.28. The fraction of sp³-hybridized carbons (Fsp3) is 0.529. The number of nitrogens with one attached hydrogen (secondary N) is 2. The van der Waals surface area contributed by atoms with E-state index in [-0.39, 0.29) is 29.8 Å². The van der Waals surface area contributed by atoms with E-state index in [1.165, 1.54) is 0 Å². The second-order valence-corrected chi connectivity index (χ2v) is 6.28. The first kappa shape index (κ1) is 17.1. The Morgan fingerprint density at radius 3 is 2.35 bits per heavy atom. The number of carboxylic acid groups (broad SMARTS) is 1. The van der Waals surface area contributed by atoms with Gasteiger partial charge >= 0.3 is 12.0 Å². The Labute approximate surface area is 135 Å². The van der Waals surface area contributed by atoms with Crippen molar-refractivity contribution in [1.82, 2.24) is 10.6 Å². The van der Waals surface area contributed by atoms with E-state index in [0.717, 1.165) is 5.56 Å². The molecule has 0 radical (unpaired) electrons. The number of rotatable bonds is 5. The number of hydrogen-bond donors (Lipinski definition) is 4. The van der Waals surface area contributed by atoms with Gasteiger partial charge in [-0.3, -0.25) is 4.79 Å². The molecule has 0 saturated heterocycles. The summed E-state index contributed by atoms with van der Waals surface area (Å²) in [4.78, 5) is 22.9. The van der Waals surface area contributed by atoms with Gasteiger partial charge in [0.1, 0.15) is 5.75 Å². The van der Waals surface area contributed by atoms with E-state index >= 15 is 0 Å². The number of aromatic hydroxyl groups is 1. The summed E-state index contributed by atoms with van der Waals surface area (Å²) in [6.45, 7) is 1.92. The lowest BCUT2D eigenvalue weighted by Crippen LogP contribution is -2.47. The van der Waals surface area contributed by atoms with Crippen molar-refractivity contribution in [1.29, 1.82) is 0 Å². The number of benzene rings is 1. The van der Waals surface area contributed by atoms with Crippen molar-refractivity contribution < 1.29 is 19.8 Å². The third-order valence-corrected chi connectivity index (χ3v) is 4.27. The van der Waals surface area contributed by atoms with Crippen LogP contribution >= 0.6 is 0 Å². The zero-order chi connectivity index (χ0) is 16.8. The lowest BCUT2D eigenvalue weighted by atomic mass is 9.86. The number of carbonyl (C=O) groups is 2. The highest BCUT2D eigenvalue weighted by molar-refractivity contribution is 5.74. The van der Waals surface area contributed by atoms with Crippen molar-refractivity contribution in [2.75, 3.05) is 0 Å². The summed E-state index contributed by atoms with van der Waals surface area (Å²) in [5, 5.41) is 24.0.